The first-order valence-electron chi connectivity index (χ1n) is 6.63. The van der Waals surface area contributed by atoms with E-state index in [1.807, 2.05) is 55.6 Å². The van der Waals surface area contributed by atoms with E-state index in [4.69, 9.17) is 22.7 Å². The second-order valence-corrected chi connectivity index (χ2v) is 5.59. The van der Waals surface area contributed by atoms with Gasteiger partial charge in [-0.2, -0.15) is 0 Å². The molecule has 0 amide bonds. The number of hydrogen-bond acceptors (Lipinski definition) is 4. The summed E-state index contributed by atoms with van der Waals surface area (Å²) in [6.45, 7) is 2.58. The van der Waals surface area contributed by atoms with Crippen LogP contribution in [0.2, 0.25) is 0 Å². The number of nitrogens with two attached hydrogens (primary N) is 1. The Morgan fingerprint density at radius 3 is 2.57 bits per heavy atom. The molecule has 21 heavy (non-hydrogen) atoms. The Hall–Kier alpha value is -1.72. The zero-order chi connectivity index (χ0) is 15.2. The molecule has 0 saturated carbocycles. The van der Waals surface area contributed by atoms with Crippen LogP contribution in [0.3, 0.4) is 0 Å². The summed E-state index contributed by atoms with van der Waals surface area (Å²) in [6.07, 6.45) is 2.01. The molecule has 3 nitrogen and oxygen atoms in total. The maximum atomic E-state index is 5.89. The van der Waals surface area contributed by atoms with Gasteiger partial charge in [0.05, 0.1) is 12.3 Å². The van der Waals surface area contributed by atoms with Crippen molar-refractivity contribution in [2.75, 3.05) is 18.2 Å². The Kier molecular flexibility index (Phi) is 5.47. The van der Waals surface area contributed by atoms with Crippen molar-refractivity contribution in [2.45, 2.75) is 11.8 Å². The molecule has 2 aromatic rings. The lowest BCUT2D eigenvalue weighted by molar-refractivity contribution is 0.342. The lowest BCUT2D eigenvalue weighted by atomic mass is 10.1. The molecule has 0 heterocycles. The normalized spacial score (nSPS) is 10.2. The summed E-state index contributed by atoms with van der Waals surface area (Å²) in [5.41, 5.74) is 8.54. The summed E-state index contributed by atoms with van der Waals surface area (Å²) < 4.78 is 5.63. The van der Waals surface area contributed by atoms with E-state index in [-0.39, 0.29) is 0 Å². The summed E-state index contributed by atoms with van der Waals surface area (Å²) in [5.74, 6) is 0.809. The predicted octanol–water partition coefficient (Wildman–Crippen LogP) is 4.19. The van der Waals surface area contributed by atoms with E-state index in [2.05, 4.69) is 5.32 Å². The van der Waals surface area contributed by atoms with E-state index in [9.17, 15) is 0 Å². The van der Waals surface area contributed by atoms with Gasteiger partial charge in [0.25, 0.3) is 0 Å². The van der Waals surface area contributed by atoms with Gasteiger partial charge in [0.2, 0.25) is 0 Å². The van der Waals surface area contributed by atoms with Crippen molar-refractivity contribution >= 4 is 40.3 Å². The molecule has 0 unspecified atom stereocenters. The smallest absolute Gasteiger partial charge is 0.142 e. The summed E-state index contributed by atoms with van der Waals surface area (Å²) in [6, 6.07) is 13.8. The topological polar surface area (TPSA) is 47.3 Å². The highest BCUT2D eigenvalue weighted by Crippen LogP contribution is 2.32. The third kappa shape index (κ3) is 3.68. The number of nitrogens with one attached hydrogen (secondary N) is 1. The first-order valence-corrected chi connectivity index (χ1v) is 8.26. The van der Waals surface area contributed by atoms with Crippen molar-refractivity contribution in [1.29, 1.82) is 0 Å². The molecule has 0 spiro atoms. The van der Waals surface area contributed by atoms with Gasteiger partial charge in [-0.3, -0.25) is 0 Å². The third-order valence-electron chi connectivity index (χ3n) is 2.95. The minimum Gasteiger partial charge on any atom is -0.492 e. The molecule has 0 aromatic heterocycles. The van der Waals surface area contributed by atoms with Crippen molar-refractivity contribution in [1.82, 2.24) is 0 Å². The summed E-state index contributed by atoms with van der Waals surface area (Å²) in [7, 11) is 0. The second-order valence-electron chi connectivity index (χ2n) is 4.30. The van der Waals surface area contributed by atoms with Crippen molar-refractivity contribution in [3.63, 3.8) is 0 Å². The zero-order valence-corrected chi connectivity index (χ0v) is 13.7. The minimum absolute atomic E-state index is 0.386. The molecule has 0 aliphatic rings. The van der Waals surface area contributed by atoms with Crippen molar-refractivity contribution in [2.24, 2.45) is 5.73 Å². The Bertz CT molecular complexity index is 644. The van der Waals surface area contributed by atoms with Crippen LogP contribution in [0.15, 0.2) is 47.4 Å². The molecule has 0 fully saturated rings. The highest BCUT2D eigenvalue weighted by Gasteiger charge is 2.12. The highest BCUT2D eigenvalue weighted by molar-refractivity contribution is 7.98. The Balaban J connectivity index is 2.42. The summed E-state index contributed by atoms with van der Waals surface area (Å²) in [4.78, 5) is 1.44. The fraction of sp³-hybridized carbons (Fsp3) is 0.188. The van der Waals surface area contributed by atoms with Gasteiger partial charge in [-0.25, -0.2) is 0 Å². The number of benzene rings is 2. The van der Waals surface area contributed by atoms with Gasteiger partial charge >= 0.3 is 0 Å². The number of hydrogen-bond donors (Lipinski definition) is 2. The van der Waals surface area contributed by atoms with Crippen LogP contribution in [-0.2, 0) is 0 Å². The van der Waals surface area contributed by atoms with Crippen LogP contribution < -0.4 is 15.8 Å². The lowest BCUT2D eigenvalue weighted by Crippen LogP contribution is -2.13. The fourth-order valence-corrected chi connectivity index (χ4v) is 2.98. The number of rotatable bonds is 6. The van der Waals surface area contributed by atoms with Crippen LogP contribution in [0.5, 0.6) is 5.75 Å². The SMILES string of the molecule is CCOc1ccccc1Nc1cccc(SC)c1C(N)=S. The van der Waals surface area contributed by atoms with E-state index < -0.39 is 0 Å². The maximum Gasteiger partial charge on any atom is 0.142 e. The van der Waals surface area contributed by atoms with Gasteiger partial charge in [-0.05, 0) is 37.4 Å². The summed E-state index contributed by atoms with van der Waals surface area (Å²) >= 11 is 6.82. The molecule has 0 radical (unpaired) electrons. The molecule has 0 aliphatic carbocycles. The molecule has 0 aliphatic heterocycles. The molecule has 2 aromatic carbocycles. The Labute approximate surface area is 134 Å². The van der Waals surface area contributed by atoms with Crippen LogP contribution in [0.1, 0.15) is 12.5 Å². The largest absolute Gasteiger partial charge is 0.492 e. The fourth-order valence-electron chi connectivity index (χ4n) is 2.06. The first-order chi connectivity index (χ1) is 10.2. The highest BCUT2D eigenvalue weighted by atomic mass is 32.2. The number of thioether (sulfide) groups is 1. The van der Waals surface area contributed by atoms with E-state index in [1.54, 1.807) is 11.8 Å². The van der Waals surface area contributed by atoms with E-state index in [1.165, 1.54) is 0 Å². The standard InChI is InChI=1S/C16H18N2OS2/c1-3-19-13-9-5-4-7-11(13)18-12-8-6-10-14(21-2)15(12)16(17)20/h4-10,18H,3H2,1-2H3,(H2,17,20). The number of thiocarbonyl (C=S) groups is 1. The summed E-state index contributed by atoms with van der Waals surface area (Å²) in [5, 5.41) is 3.38. The first kappa shape index (κ1) is 15.7. The van der Waals surface area contributed by atoms with Gasteiger partial charge < -0.3 is 15.8 Å². The van der Waals surface area contributed by atoms with Crippen LogP contribution in [-0.4, -0.2) is 17.9 Å². The van der Waals surface area contributed by atoms with Gasteiger partial charge in [0.1, 0.15) is 10.7 Å². The lowest BCUT2D eigenvalue weighted by Gasteiger charge is -2.16. The minimum atomic E-state index is 0.386. The maximum absolute atomic E-state index is 5.89. The number of anilines is 2. The molecule has 3 N–H and O–H groups in total. The molecule has 110 valence electrons. The van der Waals surface area contributed by atoms with E-state index in [0.717, 1.165) is 27.6 Å². The third-order valence-corrected chi connectivity index (χ3v) is 3.93. The van der Waals surface area contributed by atoms with Crippen LogP contribution in [0, 0.1) is 0 Å². The van der Waals surface area contributed by atoms with Crippen molar-refractivity contribution < 1.29 is 4.74 Å². The molecule has 2 rings (SSSR count). The molecule has 0 saturated heterocycles. The van der Waals surface area contributed by atoms with Crippen LogP contribution in [0.25, 0.3) is 0 Å². The second kappa shape index (κ2) is 7.33. The van der Waals surface area contributed by atoms with Crippen LogP contribution in [0.4, 0.5) is 11.4 Å². The van der Waals surface area contributed by atoms with Gasteiger partial charge in [0, 0.05) is 16.1 Å². The van der Waals surface area contributed by atoms with Crippen molar-refractivity contribution in [3.8, 4) is 5.75 Å². The molecular weight excluding hydrogens is 300 g/mol. The molecule has 5 heteroatoms. The molecule has 0 bridgehead atoms. The van der Waals surface area contributed by atoms with Crippen LogP contribution >= 0.6 is 24.0 Å². The predicted molar refractivity (Wildman–Crippen MR) is 95.0 cm³/mol. The Morgan fingerprint density at radius 2 is 1.90 bits per heavy atom. The van der Waals surface area contributed by atoms with Gasteiger partial charge in [0.15, 0.2) is 0 Å². The monoisotopic (exact) mass is 318 g/mol. The molecule has 0 atom stereocenters. The average Bonchev–Trinajstić information content (AvgIpc) is 2.49. The van der Waals surface area contributed by atoms with Gasteiger partial charge in [-0.15, -0.1) is 11.8 Å². The van der Waals surface area contributed by atoms with E-state index in [0.29, 0.717) is 11.6 Å². The quantitative estimate of drug-likeness (QED) is 0.618. The Morgan fingerprint density at radius 1 is 1.19 bits per heavy atom. The van der Waals surface area contributed by atoms with E-state index >= 15 is 0 Å². The number of ether oxygens (including phenoxy) is 1. The number of para-hydroxylation sites is 2. The average molecular weight is 318 g/mol. The molecular formula is C16H18N2OS2. The zero-order valence-electron chi connectivity index (χ0n) is 12.1. The van der Waals surface area contributed by atoms with Crippen molar-refractivity contribution in [3.05, 3.63) is 48.0 Å². The van der Waals surface area contributed by atoms with Gasteiger partial charge in [-0.1, -0.05) is 30.4 Å².